The predicted molar refractivity (Wildman–Crippen MR) is 123 cm³/mol. The van der Waals surface area contributed by atoms with Gasteiger partial charge in [0.05, 0.1) is 30.6 Å². The van der Waals surface area contributed by atoms with Crippen LogP contribution in [0.15, 0.2) is 48.7 Å². The van der Waals surface area contributed by atoms with Crippen LogP contribution in [0, 0.1) is 0 Å². The minimum absolute atomic E-state index is 0.0780. The van der Waals surface area contributed by atoms with Gasteiger partial charge in [0.25, 0.3) is 0 Å². The Morgan fingerprint density at radius 3 is 2.62 bits per heavy atom. The van der Waals surface area contributed by atoms with Gasteiger partial charge in [-0.05, 0) is 38.3 Å². The largest absolute Gasteiger partial charge is 0.481 e. The molecule has 0 spiro atoms. The van der Waals surface area contributed by atoms with Crippen LogP contribution in [0.4, 0.5) is 10.5 Å². The average molecular weight is 440 g/mol. The Balaban J connectivity index is 1.49. The van der Waals surface area contributed by atoms with Crippen molar-refractivity contribution in [3.05, 3.63) is 54.2 Å². The molecule has 7 heteroatoms. The molecule has 2 aromatic rings. The van der Waals surface area contributed by atoms with Crippen LogP contribution in [0.3, 0.4) is 0 Å². The lowest BCUT2D eigenvalue weighted by Crippen LogP contribution is -2.57. The van der Waals surface area contributed by atoms with Crippen LogP contribution in [-0.4, -0.2) is 59.5 Å². The minimum Gasteiger partial charge on any atom is -0.481 e. The molecule has 0 aliphatic carbocycles. The molecule has 2 aliphatic heterocycles. The third-order valence-corrected chi connectivity index (χ3v) is 6.42. The van der Waals surface area contributed by atoms with Crippen molar-refractivity contribution in [3.63, 3.8) is 0 Å². The first-order valence-corrected chi connectivity index (χ1v) is 11.3. The SMILES string of the molecule is COc1ccc(N2CCCC(N3CCC(CC(C)(C)O)(c4ccccc4)OC3=O)C2)cn1. The van der Waals surface area contributed by atoms with Crippen molar-refractivity contribution < 1.29 is 19.4 Å². The van der Waals surface area contributed by atoms with Crippen molar-refractivity contribution in [2.24, 2.45) is 0 Å². The molecule has 7 nitrogen and oxygen atoms in total. The zero-order valence-electron chi connectivity index (χ0n) is 19.2. The standard InChI is InChI=1S/C25H33N3O4/c1-24(2,30)18-25(19-8-5-4-6-9-19)13-15-28(23(29)32-25)21-10-7-14-27(17-21)20-11-12-22(31-3)26-16-20/h4-6,8-9,11-12,16,21,30H,7,10,13-15,17-18H2,1-3H3. The average Bonchev–Trinajstić information content (AvgIpc) is 2.79. The van der Waals surface area contributed by atoms with E-state index in [1.54, 1.807) is 21.0 Å². The molecule has 1 aromatic heterocycles. The quantitative estimate of drug-likeness (QED) is 0.734. The number of nitrogens with zero attached hydrogens (tertiary/aromatic N) is 3. The molecule has 2 atom stereocenters. The van der Waals surface area contributed by atoms with Crippen molar-refractivity contribution in [1.29, 1.82) is 0 Å². The fraction of sp³-hybridized carbons (Fsp3) is 0.520. The number of cyclic esters (lactones) is 1. The zero-order chi connectivity index (χ0) is 22.8. The summed E-state index contributed by atoms with van der Waals surface area (Å²) in [4.78, 5) is 21.7. The van der Waals surface area contributed by atoms with Crippen LogP contribution in [0.25, 0.3) is 0 Å². The van der Waals surface area contributed by atoms with Crippen LogP contribution in [-0.2, 0) is 10.3 Å². The Morgan fingerprint density at radius 2 is 2.00 bits per heavy atom. The molecular formula is C25H33N3O4. The highest BCUT2D eigenvalue weighted by Crippen LogP contribution is 2.41. The van der Waals surface area contributed by atoms with Crippen molar-refractivity contribution >= 4 is 11.8 Å². The maximum absolute atomic E-state index is 13.3. The Bertz CT molecular complexity index is 913. The molecule has 172 valence electrons. The second kappa shape index (κ2) is 8.98. The second-order valence-corrected chi connectivity index (χ2v) is 9.46. The van der Waals surface area contributed by atoms with Gasteiger partial charge in [-0.3, -0.25) is 0 Å². The van der Waals surface area contributed by atoms with Gasteiger partial charge < -0.3 is 24.4 Å². The molecule has 32 heavy (non-hydrogen) atoms. The topological polar surface area (TPSA) is 75.1 Å². The first-order chi connectivity index (χ1) is 15.3. The number of aliphatic hydroxyl groups is 1. The normalized spacial score (nSPS) is 24.2. The van der Waals surface area contributed by atoms with E-state index in [1.807, 2.05) is 53.6 Å². The summed E-state index contributed by atoms with van der Waals surface area (Å²) >= 11 is 0. The van der Waals surface area contributed by atoms with Gasteiger partial charge in [-0.25, -0.2) is 9.78 Å². The number of amides is 1. The summed E-state index contributed by atoms with van der Waals surface area (Å²) in [6, 6.07) is 13.7. The molecule has 1 aromatic carbocycles. The third kappa shape index (κ3) is 4.83. The number of methoxy groups -OCH3 is 1. The summed E-state index contributed by atoms with van der Waals surface area (Å²) in [7, 11) is 1.61. The molecule has 1 N–H and O–H groups in total. The first kappa shape index (κ1) is 22.4. The summed E-state index contributed by atoms with van der Waals surface area (Å²) in [5.41, 5.74) is 0.189. The number of hydrogen-bond donors (Lipinski definition) is 1. The molecule has 1 amide bonds. The molecule has 0 bridgehead atoms. The van der Waals surface area contributed by atoms with E-state index < -0.39 is 11.2 Å². The summed E-state index contributed by atoms with van der Waals surface area (Å²) < 4.78 is 11.3. The lowest BCUT2D eigenvalue weighted by molar-refractivity contribution is -0.102. The number of pyridine rings is 1. The fourth-order valence-electron chi connectivity index (χ4n) is 5.00. The summed E-state index contributed by atoms with van der Waals surface area (Å²) in [5.74, 6) is 0.589. The Kier molecular flexibility index (Phi) is 6.29. The van der Waals surface area contributed by atoms with Gasteiger partial charge in [0.15, 0.2) is 0 Å². The van der Waals surface area contributed by atoms with E-state index in [2.05, 4.69) is 9.88 Å². The van der Waals surface area contributed by atoms with E-state index in [-0.39, 0.29) is 12.1 Å². The van der Waals surface area contributed by atoms with Crippen LogP contribution >= 0.6 is 0 Å². The van der Waals surface area contributed by atoms with Crippen molar-refractivity contribution in [2.75, 3.05) is 31.6 Å². The number of anilines is 1. The molecule has 2 unspecified atom stereocenters. The molecule has 0 radical (unpaired) electrons. The number of carbonyl (C=O) groups is 1. The van der Waals surface area contributed by atoms with Gasteiger partial charge >= 0.3 is 6.09 Å². The second-order valence-electron chi connectivity index (χ2n) is 9.46. The Hall–Kier alpha value is -2.80. The fourth-order valence-corrected chi connectivity index (χ4v) is 5.00. The van der Waals surface area contributed by atoms with Gasteiger partial charge in [0, 0.05) is 38.5 Å². The summed E-state index contributed by atoms with van der Waals surface area (Å²) in [6.07, 6.45) is 4.46. The molecule has 2 aliphatic rings. The molecule has 0 saturated carbocycles. The molecule has 2 fully saturated rings. The number of hydrogen-bond acceptors (Lipinski definition) is 6. The Morgan fingerprint density at radius 1 is 1.22 bits per heavy atom. The van der Waals surface area contributed by atoms with Crippen LogP contribution in [0.1, 0.15) is 45.1 Å². The number of carbonyl (C=O) groups excluding carboxylic acids is 1. The lowest BCUT2D eigenvalue weighted by Gasteiger charge is -2.47. The highest BCUT2D eigenvalue weighted by atomic mass is 16.6. The van der Waals surface area contributed by atoms with Crippen molar-refractivity contribution in [1.82, 2.24) is 9.88 Å². The van der Waals surface area contributed by atoms with E-state index in [9.17, 15) is 9.90 Å². The smallest absolute Gasteiger partial charge is 0.410 e. The highest BCUT2D eigenvalue weighted by Gasteiger charge is 2.47. The molecule has 3 heterocycles. The number of piperidine rings is 1. The number of benzene rings is 1. The van der Waals surface area contributed by atoms with Gasteiger partial charge in [-0.2, -0.15) is 0 Å². The zero-order valence-corrected chi connectivity index (χ0v) is 19.2. The molecule has 2 saturated heterocycles. The van der Waals surface area contributed by atoms with E-state index in [0.717, 1.165) is 37.2 Å². The minimum atomic E-state index is -0.957. The van der Waals surface area contributed by atoms with Crippen LogP contribution < -0.4 is 9.64 Å². The van der Waals surface area contributed by atoms with E-state index >= 15 is 0 Å². The van der Waals surface area contributed by atoms with Gasteiger partial charge in [0.1, 0.15) is 5.60 Å². The summed E-state index contributed by atoms with van der Waals surface area (Å²) in [6.45, 7) is 5.80. The maximum atomic E-state index is 13.3. The van der Waals surface area contributed by atoms with Gasteiger partial charge in [-0.1, -0.05) is 30.3 Å². The van der Waals surface area contributed by atoms with Gasteiger partial charge in [0.2, 0.25) is 5.88 Å². The van der Waals surface area contributed by atoms with Crippen molar-refractivity contribution in [3.8, 4) is 5.88 Å². The molecule has 4 rings (SSSR count). The highest BCUT2D eigenvalue weighted by molar-refractivity contribution is 5.70. The number of ether oxygens (including phenoxy) is 2. The molecular weight excluding hydrogens is 406 g/mol. The maximum Gasteiger partial charge on any atom is 0.410 e. The van der Waals surface area contributed by atoms with E-state index in [1.165, 1.54) is 0 Å². The van der Waals surface area contributed by atoms with Gasteiger partial charge in [-0.15, -0.1) is 0 Å². The van der Waals surface area contributed by atoms with E-state index in [0.29, 0.717) is 25.3 Å². The lowest BCUT2D eigenvalue weighted by atomic mass is 9.80. The van der Waals surface area contributed by atoms with Crippen molar-refractivity contribution in [2.45, 2.75) is 56.8 Å². The predicted octanol–water partition coefficient (Wildman–Crippen LogP) is 3.96. The first-order valence-electron chi connectivity index (χ1n) is 11.3. The number of rotatable bonds is 6. The monoisotopic (exact) mass is 439 g/mol. The third-order valence-electron chi connectivity index (χ3n) is 6.42. The van der Waals surface area contributed by atoms with E-state index in [4.69, 9.17) is 9.47 Å². The summed E-state index contributed by atoms with van der Waals surface area (Å²) in [5, 5.41) is 10.6. The Labute approximate surface area is 190 Å². The number of aromatic nitrogens is 1. The van der Waals surface area contributed by atoms with Crippen LogP contribution in [0.5, 0.6) is 5.88 Å². The van der Waals surface area contributed by atoms with Crippen LogP contribution in [0.2, 0.25) is 0 Å².